The first kappa shape index (κ1) is 17.7. The Balaban J connectivity index is 4.59. The van der Waals surface area contributed by atoms with Crippen molar-refractivity contribution in [2.45, 2.75) is 40.0 Å². The van der Waals surface area contributed by atoms with Gasteiger partial charge in [-0.05, 0) is 31.9 Å². The summed E-state index contributed by atoms with van der Waals surface area (Å²) in [5.41, 5.74) is 0.623. The van der Waals surface area contributed by atoms with Gasteiger partial charge in [-0.15, -0.1) is 0 Å². The molecule has 0 saturated carbocycles. The van der Waals surface area contributed by atoms with E-state index in [4.69, 9.17) is 14.2 Å². The van der Waals surface area contributed by atoms with Gasteiger partial charge in [-0.25, -0.2) is 0 Å². The number of Topliss-reactive ketones (excluding diaryl/α,β-unsaturated/α-hetero) is 1. The Bertz CT molecular complexity index is 329. The molecule has 0 rings (SSSR count). The lowest BCUT2D eigenvalue weighted by Gasteiger charge is -2.11. The second-order valence-corrected chi connectivity index (χ2v) is 4.34. The van der Waals surface area contributed by atoms with Gasteiger partial charge in [-0.1, -0.05) is 19.8 Å². The maximum absolute atomic E-state index is 11.2. The van der Waals surface area contributed by atoms with E-state index < -0.39 is 0 Å². The molecular formula is C15H26O4. The van der Waals surface area contributed by atoms with Crippen LogP contribution in [-0.4, -0.2) is 33.2 Å². The minimum Gasteiger partial charge on any atom is -0.495 e. The lowest BCUT2D eigenvalue weighted by molar-refractivity contribution is -0.113. The molecule has 0 aromatic carbocycles. The molecule has 0 aliphatic rings. The quantitative estimate of drug-likeness (QED) is 0.264. The molecule has 0 aliphatic carbocycles. The second-order valence-electron chi connectivity index (χ2n) is 4.34. The number of hydrogen-bond donors (Lipinski definition) is 0. The Morgan fingerprint density at radius 1 is 1.11 bits per heavy atom. The summed E-state index contributed by atoms with van der Waals surface area (Å²) in [5.74, 6) is 1.14. The van der Waals surface area contributed by atoms with Crippen LogP contribution in [0.2, 0.25) is 0 Å². The van der Waals surface area contributed by atoms with Gasteiger partial charge in [0.1, 0.15) is 6.61 Å². The summed E-state index contributed by atoms with van der Waals surface area (Å²) in [6.07, 6.45) is 5.04. The summed E-state index contributed by atoms with van der Waals surface area (Å²) >= 11 is 0. The third kappa shape index (κ3) is 7.67. The van der Waals surface area contributed by atoms with Crippen molar-refractivity contribution >= 4 is 5.78 Å². The molecule has 19 heavy (non-hydrogen) atoms. The summed E-state index contributed by atoms with van der Waals surface area (Å²) < 4.78 is 16.0. The third-order valence-corrected chi connectivity index (χ3v) is 2.77. The van der Waals surface area contributed by atoms with Gasteiger partial charge >= 0.3 is 0 Å². The van der Waals surface area contributed by atoms with E-state index in [-0.39, 0.29) is 5.78 Å². The number of carbonyl (C=O) groups excluding carboxylic acids is 1. The van der Waals surface area contributed by atoms with Gasteiger partial charge in [-0.2, -0.15) is 0 Å². The van der Waals surface area contributed by atoms with Crippen LogP contribution >= 0.6 is 0 Å². The number of allylic oxidation sites excluding steroid dienone is 2. The zero-order valence-electron chi connectivity index (χ0n) is 12.7. The van der Waals surface area contributed by atoms with Crippen LogP contribution in [0, 0.1) is 0 Å². The summed E-state index contributed by atoms with van der Waals surface area (Å²) in [7, 11) is 3.12. The zero-order chi connectivity index (χ0) is 14.7. The molecule has 0 aromatic heterocycles. The van der Waals surface area contributed by atoms with E-state index in [9.17, 15) is 4.79 Å². The van der Waals surface area contributed by atoms with E-state index in [1.54, 1.807) is 27.2 Å². The Hall–Kier alpha value is -1.29. The third-order valence-electron chi connectivity index (χ3n) is 2.77. The van der Waals surface area contributed by atoms with Crippen molar-refractivity contribution in [3.8, 4) is 0 Å². The van der Waals surface area contributed by atoms with Gasteiger partial charge in [0.05, 0.1) is 14.2 Å². The van der Waals surface area contributed by atoms with Crippen molar-refractivity contribution in [2.75, 3.05) is 27.4 Å². The van der Waals surface area contributed by atoms with Crippen LogP contribution in [0.15, 0.2) is 23.2 Å². The summed E-state index contributed by atoms with van der Waals surface area (Å²) in [6.45, 7) is 6.47. The molecule has 0 unspecified atom stereocenters. The summed E-state index contributed by atoms with van der Waals surface area (Å²) in [6, 6.07) is 0. The van der Waals surface area contributed by atoms with Crippen LogP contribution in [0.1, 0.15) is 40.0 Å². The number of ketones is 1. The fourth-order valence-corrected chi connectivity index (χ4v) is 1.40. The van der Waals surface area contributed by atoms with Crippen LogP contribution in [0.25, 0.3) is 0 Å². The highest BCUT2D eigenvalue weighted by atomic mass is 16.5. The average molecular weight is 270 g/mol. The smallest absolute Gasteiger partial charge is 0.163 e. The number of hydrogen-bond acceptors (Lipinski definition) is 4. The minimum absolute atomic E-state index is 0.00821. The molecule has 0 amide bonds. The van der Waals surface area contributed by atoms with E-state index >= 15 is 0 Å². The molecule has 0 radical (unpaired) electrons. The predicted molar refractivity (Wildman–Crippen MR) is 75.8 cm³/mol. The number of rotatable bonds is 10. The van der Waals surface area contributed by atoms with Gasteiger partial charge < -0.3 is 14.2 Å². The summed E-state index contributed by atoms with van der Waals surface area (Å²) in [4.78, 5) is 11.2. The van der Waals surface area contributed by atoms with Crippen molar-refractivity contribution in [1.82, 2.24) is 0 Å². The molecular weight excluding hydrogens is 244 g/mol. The maximum atomic E-state index is 11.2. The van der Waals surface area contributed by atoms with Crippen molar-refractivity contribution in [2.24, 2.45) is 0 Å². The van der Waals surface area contributed by atoms with E-state index in [1.165, 1.54) is 13.3 Å². The Labute approximate surface area is 116 Å². The van der Waals surface area contributed by atoms with Gasteiger partial charge in [-0.3, -0.25) is 4.79 Å². The van der Waals surface area contributed by atoms with Gasteiger partial charge in [0, 0.05) is 6.61 Å². The fourth-order valence-electron chi connectivity index (χ4n) is 1.40. The SMILES string of the molecule is CCCCCOC/C(OC)=C(\C=C(/C)C(C)=O)OC. The Morgan fingerprint density at radius 2 is 1.79 bits per heavy atom. The number of methoxy groups -OCH3 is 2. The lowest BCUT2D eigenvalue weighted by atomic mass is 10.2. The first-order valence-corrected chi connectivity index (χ1v) is 6.64. The van der Waals surface area contributed by atoms with Crippen molar-refractivity contribution in [3.63, 3.8) is 0 Å². The molecule has 0 bridgehead atoms. The molecule has 0 fully saturated rings. The molecule has 110 valence electrons. The topological polar surface area (TPSA) is 44.8 Å². The highest BCUT2D eigenvalue weighted by molar-refractivity contribution is 5.93. The van der Waals surface area contributed by atoms with Gasteiger partial charge in [0.15, 0.2) is 17.3 Å². The summed E-state index contributed by atoms with van der Waals surface area (Å²) in [5, 5.41) is 0. The van der Waals surface area contributed by atoms with Crippen LogP contribution < -0.4 is 0 Å². The first-order valence-electron chi connectivity index (χ1n) is 6.64. The highest BCUT2D eigenvalue weighted by Crippen LogP contribution is 2.12. The molecule has 4 nitrogen and oxygen atoms in total. The Morgan fingerprint density at radius 3 is 2.26 bits per heavy atom. The maximum Gasteiger partial charge on any atom is 0.163 e. The Kier molecular flexibility index (Phi) is 9.90. The van der Waals surface area contributed by atoms with Gasteiger partial charge in [0.2, 0.25) is 0 Å². The van der Waals surface area contributed by atoms with Crippen molar-refractivity contribution in [3.05, 3.63) is 23.2 Å². The highest BCUT2D eigenvalue weighted by Gasteiger charge is 2.08. The fraction of sp³-hybridized carbons (Fsp3) is 0.667. The van der Waals surface area contributed by atoms with Crippen LogP contribution in [0.3, 0.4) is 0 Å². The largest absolute Gasteiger partial charge is 0.495 e. The molecule has 0 spiro atoms. The van der Waals surface area contributed by atoms with Crippen LogP contribution in [-0.2, 0) is 19.0 Å². The minimum atomic E-state index is 0.00821. The van der Waals surface area contributed by atoms with E-state index in [2.05, 4.69) is 6.92 Å². The van der Waals surface area contributed by atoms with Crippen molar-refractivity contribution < 1.29 is 19.0 Å². The molecule has 0 heterocycles. The molecule has 0 saturated heterocycles. The van der Waals surface area contributed by atoms with Crippen LogP contribution in [0.4, 0.5) is 0 Å². The first-order chi connectivity index (χ1) is 9.06. The predicted octanol–water partition coefficient (Wildman–Crippen LogP) is 3.23. The van der Waals surface area contributed by atoms with E-state index in [0.29, 0.717) is 30.3 Å². The molecule has 0 N–H and O–H groups in total. The zero-order valence-corrected chi connectivity index (χ0v) is 12.7. The monoisotopic (exact) mass is 270 g/mol. The normalized spacial score (nSPS) is 13.0. The molecule has 0 aliphatic heterocycles. The van der Waals surface area contributed by atoms with E-state index in [1.807, 2.05) is 0 Å². The number of carbonyl (C=O) groups is 1. The molecule has 0 atom stereocenters. The van der Waals surface area contributed by atoms with Crippen LogP contribution in [0.5, 0.6) is 0 Å². The second kappa shape index (κ2) is 10.6. The number of ether oxygens (including phenoxy) is 3. The lowest BCUT2D eigenvalue weighted by Crippen LogP contribution is -2.06. The van der Waals surface area contributed by atoms with E-state index in [0.717, 1.165) is 12.8 Å². The van der Waals surface area contributed by atoms with Crippen molar-refractivity contribution in [1.29, 1.82) is 0 Å². The van der Waals surface area contributed by atoms with Gasteiger partial charge in [0.25, 0.3) is 0 Å². The molecule has 0 aromatic rings. The standard InChI is InChI=1S/C15H26O4/c1-6-7-8-9-19-11-15(18-5)14(17-4)10-12(2)13(3)16/h10H,6-9,11H2,1-5H3/b12-10+,15-14-. The average Bonchev–Trinajstić information content (AvgIpc) is 2.40. The molecule has 4 heteroatoms. The number of unbranched alkanes of at least 4 members (excludes halogenated alkanes) is 2.